The number of carbonyl (C=O) groups excluding carboxylic acids is 1. The molecule has 1 aliphatic heterocycles. The van der Waals surface area contributed by atoms with Gasteiger partial charge in [-0.15, -0.1) is 0 Å². The Kier molecular flexibility index (Phi) is 5.10. The molecule has 1 aliphatic rings. The second kappa shape index (κ2) is 7.82. The first-order valence-corrected chi connectivity index (χ1v) is 9.78. The van der Waals surface area contributed by atoms with Gasteiger partial charge in [0.25, 0.3) is 0 Å². The van der Waals surface area contributed by atoms with Gasteiger partial charge in [0.1, 0.15) is 0 Å². The van der Waals surface area contributed by atoms with Gasteiger partial charge >= 0.3 is 0 Å². The number of rotatable bonds is 5. The standard InChI is InChI=1S/C22H26N4O/c1-2-16-9-11-17(12-10-16)14-23-21(27)18-6-5-13-26(15-18)22-24-19-7-3-4-8-20(19)25-22/h3-4,7-12,18H,2,5-6,13-15H2,1H3,(H,23,27)(H,24,25)/t18-/m0/s1. The predicted molar refractivity (Wildman–Crippen MR) is 109 cm³/mol. The zero-order valence-electron chi connectivity index (χ0n) is 15.7. The summed E-state index contributed by atoms with van der Waals surface area (Å²) in [6.07, 6.45) is 2.96. The SMILES string of the molecule is CCc1ccc(CNC(=O)[C@H]2CCCN(c3nc4ccccc4[nH]3)C2)cc1. The minimum Gasteiger partial charge on any atom is -0.352 e. The molecule has 2 aromatic carbocycles. The van der Waals surface area contributed by atoms with Crippen LogP contribution in [-0.2, 0) is 17.8 Å². The number of benzene rings is 2. The number of hydrogen-bond donors (Lipinski definition) is 2. The minimum absolute atomic E-state index is 0.00174. The summed E-state index contributed by atoms with van der Waals surface area (Å²) in [4.78, 5) is 22.9. The molecule has 3 aromatic rings. The summed E-state index contributed by atoms with van der Waals surface area (Å²) < 4.78 is 0. The Morgan fingerprint density at radius 3 is 2.74 bits per heavy atom. The lowest BCUT2D eigenvalue weighted by Crippen LogP contribution is -2.43. The van der Waals surface area contributed by atoms with Crippen LogP contribution < -0.4 is 10.2 Å². The Morgan fingerprint density at radius 1 is 1.19 bits per heavy atom. The quantitative estimate of drug-likeness (QED) is 0.728. The van der Waals surface area contributed by atoms with Crippen LogP contribution in [0.1, 0.15) is 30.9 Å². The van der Waals surface area contributed by atoms with Gasteiger partial charge in [0, 0.05) is 19.6 Å². The van der Waals surface area contributed by atoms with E-state index in [1.807, 2.05) is 24.3 Å². The Hall–Kier alpha value is -2.82. The molecule has 0 unspecified atom stereocenters. The van der Waals surface area contributed by atoms with Crippen molar-refractivity contribution < 1.29 is 4.79 Å². The number of fused-ring (bicyclic) bond motifs is 1. The summed E-state index contributed by atoms with van der Waals surface area (Å²) in [5, 5.41) is 3.11. The summed E-state index contributed by atoms with van der Waals surface area (Å²) in [6, 6.07) is 16.5. The minimum atomic E-state index is 0.00174. The maximum absolute atomic E-state index is 12.7. The van der Waals surface area contributed by atoms with Crippen molar-refractivity contribution in [1.82, 2.24) is 15.3 Å². The smallest absolute Gasteiger partial charge is 0.225 e. The molecule has 1 aromatic heterocycles. The molecule has 4 rings (SSSR count). The van der Waals surface area contributed by atoms with E-state index in [2.05, 4.69) is 51.4 Å². The summed E-state index contributed by atoms with van der Waals surface area (Å²) in [5.74, 6) is 1.00. The molecule has 2 heterocycles. The van der Waals surface area contributed by atoms with Crippen molar-refractivity contribution in [1.29, 1.82) is 0 Å². The van der Waals surface area contributed by atoms with E-state index in [1.165, 1.54) is 5.56 Å². The molecule has 1 saturated heterocycles. The van der Waals surface area contributed by atoms with Crippen LogP contribution in [0, 0.1) is 5.92 Å². The Balaban J connectivity index is 1.37. The van der Waals surface area contributed by atoms with Crippen molar-refractivity contribution in [2.45, 2.75) is 32.7 Å². The fourth-order valence-electron chi connectivity index (χ4n) is 3.70. The van der Waals surface area contributed by atoms with E-state index in [0.717, 1.165) is 48.4 Å². The third-order valence-electron chi connectivity index (χ3n) is 5.37. The first-order valence-electron chi connectivity index (χ1n) is 9.78. The second-order valence-corrected chi connectivity index (χ2v) is 7.25. The van der Waals surface area contributed by atoms with E-state index in [9.17, 15) is 4.79 Å². The molecule has 27 heavy (non-hydrogen) atoms. The van der Waals surface area contributed by atoms with Crippen LogP contribution in [0.4, 0.5) is 5.95 Å². The second-order valence-electron chi connectivity index (χ2n) is 7.25. The summed E-state index contributed by atoms with van der Waals surface area (Å²) in [7, 11) is 0. The Bertz CT molecular complexity index is 882. The van der Waals surface area contributed by atoms with Crippen molar-refractivity contribution in [2.75, 3.05) is 18.0 Å². The van der Waals surface area contributed by atoms with Crippen LogP contribution in [0.15, 0.2) is 48.5 Å². The van der Waals surface area contributed by atoms with Crippen LogP contribution >= 0.6 is 0 Å². The molecule has 1 fully saturated rings. The molecule has 0 radical (unpaired) electrons. The van der Waals surface area contributed by atoms with E-state index in [4.69, 9.17) is 0 Å². The number of aromatic nitrogens is 2. The number of hydrogen-bond acceptors (Lipinski definition) is 3. The Morgan fingerprint density at radius 2 is 1.96 bits per heavy atom. The third-order valence-corrected chi connectivity index (χ3v) is 5.37. The number of piperidine rings is 1. The number of anilines is 1. The van der Waals surface area contributed by atoms with Crippen LogP contribution in [-0.4, -0.2) is 29.0 Å². The highest BCUT2D eigenvalue weighted by molar-refractivity contribution is 5.80. The number of H-pyrrole nitrogens is 1. The highest BCUT2D eigenvalue weighted by atomic mass is 16.1. The van der Waals surface area contributed by atoms with Gasteiger partial charge in [-0.3, -0.25) is 4.79 Å². The first kappa shape index (κ1) is 17.6. The number of nitrogens with zero attached hydrogens (tertiary/aromatic N) is 2. The molecule has 0 spiro atoms. The molecule has 1 atom stereocenters. The van der Waals surface area contributed by atoms with E-state index in [-0.39, 0.29) is 11.8 Å². The molecule has 0 saturated carbocycles. The summed E-state index contributed by atoms with van der Waals surface area (Å²) in [5.41, 5.74) is 4.47. The molecular formula is C22H26N4O. The van der Waals surface area contributed by atoms with Crippen molar-refractivity contribution in [2.24, 2.45) is 5.92 Å². The van der Waals surface area contributed by atoms with Gasteiger partial charge in [0.2, 0.25) is 11.9 Å². The van der Waals surface area contributed by atoms with Crippen molar-refractivity contribution >= 4 is 22.9 Å². The fourth-order valence-corrected chi connectivity index (χ4v) is 3.70. The van der Waals surface area contributed by atoms with Gasteiger partial charge in [-0.2, -0.15) is 0 Å². The largest absolute Gasteiger partial charge is 0.352 e. The van der Waals surface area contributed by atoms with Crippen molar-refractivity contribution in [3.63, 3.8) is 0 Å². The molecule has 140 valence electrons. The lowest BCUT2D eigenvalue weighted by Gasteiger charge is -2.31. The molecule has 1 amide bonds. The van der Waals surface area contributed by atoms with Gasteiger partial charge in [0.05, 0.1) is 17.0 Å². The number of carbonyl (C=O) groups is 1. The van der Waals surface area contributed by atoms with Crippen molar-refractivity contribution in [3.05, 3.63) is 59.7 Å². The molecule has 2 N–H and O–H groups in total. The molecule has 0 bridgehead atoms. The fraction of sp³-hybridized carbons (Fsp3) is 0.364. The number of imidazole rings is 1. The Labute approximate surface area is 159 Å². The van der Waals surface area contributed by atoms with Gasteiger partial charge in [-0.1, -0.05) is 43.3 Å². The average molecular weight is 362 g/mol. The van der Waals surface area contributed by atoms with Gasteiger partial charge in [-0.05, 0) is 42.5 Å². The highest BCUT2D eigenvalue weighted by Gasteiger charge is 2.27. The molecule has 5 heteroatoms. The van der Waals surface area contributed by atoms with E-state index >= 15 is 0 Å². The van der Waals surface area contributed by atoms with E-state index < -0.39 is 0 Å². The first-order chi connectivity index (χ1) is 13.2. The van der Waals surface area contributed by atoms with Gasteiger partial charge in [0.15, 0.2) is 0 Å². The molecular weight excluding hydrogens is 336 g/mol. The number of aryl methyl sites for hydroxylation is 1. The third kappa shape index (κ3) is 3.97. The van der Waals surface area contributed by atoms with Crippen LogP contribution in [0.2, 0.25) is 0 Å². The average Bonchev–Trinajstić information content (AvgIpc) is 3.17. The van der Waals surface area contributed by atoms with Crippen molar-refractivity contribution in [3.8, 4) is 0 Å². The monoisotopic (exact) mass is 362 g/mol. The number of nitrogens with one attached hydrogen (secondary N) is 2. The molecule has 0 aliphatic carbocycles. The number of aromatic amines is 1. The maximum atomic E-state index is 12.7. The van der Waals surface area contributed by atoms with Crippen LogP contribution in [0.25, 0.3) is 11.0 Å². The van der Waals surface area contributed by atoms with E-state index in [0.29, 0.717) is 13.1 Å². The van der Waals surface area contributed by atoms with Gasteiger partial charge < -0.3 is 15.2 Å². The zero-order chi connectivity index (χ0) is 18.6. The maximum Gasteiger partial charge on any atom is 0.225 e. The number of amides is 1. The normalized spacial score (nSPS) is 17.2. The topological polar surface area (TPSA) is 61.0 Å². The summed E-state index contributed by atoms with van der Waals surface area (Å²) >= 11 is 0. The zero-order valence-corrected chi connectivity index (χ0v) is 15.7. The number of para-hydroxylation sites is 2. The lowest BCUT2D eigenvalue weighted by atomic mass is 9.97. The highest BCUT2D eigenvalue weighted by Crippen LogP contribution is 2.23. The van der Waals surface area contributed by atoms with Gasteiger partial charge in [-0.25, -0.2) is 4.98 Å². The van der Waals surface area contributed by atoms with E-state index in [1.54, 1.807) is 0 Å². The predicted octanol–water partition coefficient (Wildman–Crippen LogP) is 3.66. The summed E-state index contributed by atoms with van der Waals surface area (Å²) in [6.45, 7) is 4.38. The van der Waals surface area contributed by atoms with Crippen LogP contribution in [0.3, 0.4) is 0 Å². The lowest BCUT2D eigenvalue weighted by molar-refractivity contribution is -0.125. The molecule has 5 nitrogen and oxygen atoms in total. The van der Waals surface area contributed by atoms with Crippen LogP contribution in [0.5, 0.6) is 0 Å².